The molecule has 0 atom stereocenters. The summed E-state index contributed by atoms with van der Waals surface area (Å²) in [4.78, 5) is 25.0. The van der Waals surface area contributed by atoms with Crippen LogP contribution in [0.4, 0.5) is 18.9 Å². The third-order valence-corrected chi connectivity index (χ3v) is 3.62. The molecule has 0 spiro atoms. The van der Waals surface area contributed by atoms with Crippen molar-refractivity contribution in [1.82, 2.24) is 0 Å². The molecule has 0 aliphatic heterocycles. The van der Waals surface area contributed by atoms with Gasteiger partial charge in [0.1, 0.15) is 0 Å². The van der Waals surface area contributed by atoms with Crippen molar-refractivity contribution in [3.63, 3.8) is 0 Å². The van der Waals surface area contributed by atoms with Crippen molar-refractivity contribution in [1.29, 1.82) is 0 Å². The first-order valence-electron chi connectivity index (χ1n) is 6.97. The van der Waals surface area contributed by atoms with E-state index in [0.717, 1.165) is 12.1 Å². The van der Waals surface area contributed by atoms with E-state index in [1.54, 1.807) is 19.1 Å². The van der Waals surface area contributed by atoms with E-state index in [0.29, 0.717) is 11.3 Å². The predicted molar refractivity (Wildman–Crippen MR) is 83.9 cm³/mol. The summed E-state index contributed by atoms with van der Waals surface area (Å²) in [5.41, 5.74) is 5.52. The van der Waals surface area contributed by atoms with Crippen LogP contribution in [0.25, 0.3) is 0 Å². The average Bonchev–Trinajstić information content (AvgIpc) is 2.53. The van der Waals surface area contributed by atoms with Crippen molar-refractivity contribution in [3.8, 4) is 0 Å². The minimum absolute atomic E-state index is 0.103. The first-order valence-corrected chi connectivity index (χ1v) is 6.97. The van der Waals surface area contributed by atoms with Crippen LogP contribution in [0.1, 0.15) is 31.8 Å². The monoisotopic (exact) mass is 336 g/mol. The Hall–Kier alpha value is -2.83. The van der Waals surface area contributed by atoms with Crippen LogP contribution in [0.15, 0.2) is 42.5 Å². The number of hydrogen-bond acceptors (Lipinski definition) is 2. The molecule has 0 bridgehead atoms. The van der Waals surface area contributed by atoms with Crippen molar-refractivity contribution in [2.45, 2.75) is 13.1 Å². The molecule has 0 unspecified atom stereocenters. The number of halogens is 3. The molecular weight excluding hydrogens is 321 g/mol. The van der Waals surface area contributed by atoms with Crippen LogP contribution >= 0.6 is 0 Å². The number of benzene rings is 2. The van der Waals surface area contributed by atoms with Crippen molar-refractivity contribution >= 4 is 17.5 Å². The summed E-state index contributed by atoms with van der Waals surface area (Å²) in [6.45, 7) is 1.69. The highest BCUT2D eigenvalue weighted by Gasteiger charge is 2.31. The highest BCUT2D eigenvalue weighted by molar-refractivity contribution is 6.06. The Morgan fingerprint density at radius 3 is 2.33 bits per heavy atom. The van der Waals surface area contributed by atoms with E-state index in [2.05, 4.69) is 0 Å². The lowest BCUT2D eigenvalue weighted by Gasteiger charge is -2.19. The van der Waals surface area contributed by atoms with Gasteiger partial charge in [0, 0.05) is 23.9 Å². The number of aryl methyl sites for hydroxylation is 1. The molecule has 2 amide bonds. The summed E-state index contributed by atoms with van der Waals surface area (Å²) in [6, 6.07) is 8.81. The van der Waals surface area contributed by atoms with Gasteiger partial charge >= 0.3 is 6.18 Å². The van der Waals surface area contributed by atoms with Crippen LogP contribution in [0.2, 0.25) is 0 Å². The maximum atomic E-state index is 12.8. The van der Waals surface area contributed by atoms with E-state index in [1.165, 1.54) is 30.1 Å². The van der Waals surface area contributed by atoms with Gasteiger partial charge in [-0.05, 0) is 42.8 Å². The molecule has 24 heavy (non-hydrogen) atoms. The lowest BCUT2D eigenvalue weighted by Crippen LogP contribution is -2.27. The van der Waals surface area contributed by atoms with Gasteiger partial charge in [0.2, 0.25) is 5.91 Å². The molecule has 2 rings (SSSR count). The number of alkyl halides is 3. The number of anilines is 1. The molecule has 126 valence electrons. The molecule has 2 aromatic rings. The Kier molecular flexibility index (Phi) is 4.64. The fourth-order valence-electron chi connectivity index (χ4n) is 2.22. The number of primary amides is 1. The normalized spacial score (nSPS) is 11.2. The van der Waals surface area contributed by atoms with Crippen LogP contribution in [0.3, 0.4) is 0 Å². The van der Waals surface area contributed by atoms with Gasteiger partial charge in [-0.15, -0.1) is 0 Å². The van der Waals surface area contributed by atoms with Gasteiger partial charge in [0.25, 0.3) is 5.91 Å². The Bertz CT molecular complexity index is 801. The summed E-state index contributed by atoms with van der Waals surface area (Å²) in [5.74, 6) is -1.27. The maximum Gasteiger partial charge on any atom is 0.416 e. The van der Waals surface area contributed by atoms with Gasteiger partial charge in [0.05, 0.1) is 5.56 Å². The van der Waals surface area contributed by atoms with Crippen molar-refractivity contribution < 1.29 is 22.8 Å². The molecule has 2 aromatic carbocycles. The van der Waals surface area contributed by atoms with Crippen LogP contribution in [0, 0.1) is 6.92 Å². The zero-order chi connectivity index (χ0) is 18.1. The van der Waals surface area contributed by atoms with Gasteiger partial charge in [0.15, 0.2) is 0 Å². The van der Waals surface area contributed by atoms with Gasteiger partial charge in [-0.3, -0.25) is 9.59 Å². The maximum absolute atomic E-state index is 12.8. The summed E-state index contributed by atoms with van der Waals surface area (Å²) >= 11 is 0. The molecule has 0 saturated heterocycles. The SMILES string of the molecule is Cc1ccc(N(C)C(=O)c2cccc(C(F)(F)F)c2)cc1C(N)=O. The molecule has 0 aliphatic carbocycles. The van der Waals surface area contributed by atoms with E-state index in [9.17, 15) is 22.8 Å². The van der Waals surface area contributed by atoms with Gasteiger partial charge in [-0.2, -0.15) is 13.2 Å². The second-order valence-corrected chi connectivity index (χ2v) is 5.31. The van der Waals surface area contributed by atoms with Crippen molar-refractivity contribution in [2.24, 2.45) is 5.73 Å². The van der Waals surface area contributed by atoms with E-state index >= 15 is 0 Å². The Morgan fingerprint density at radius 2 is 1.75 bits per heavy atom. The number of amides is 2. The van der Waals surface area contributed by atoms with E-state index < -0.39 is 23.6 Å². The highest BCUT2D eigenvalue weighted by atomic mass is 19.4. The molecule has 4 nitrogen and oxygen atoms in total. The smallest absolute Gasteiger partial charge is 0.366 e. The quantitative estimate of drug-likeness (QED) is 0.934. The summed E-state index contributed by atoms with van der Waals surface area (Å²) in [7, 11) is 1.41. The third kappa shape index (κ3) is 3.56. The zero-order valence-corrected chi connectivity index (χ0v) is 13.0. The largest absolute Gasteiger partial charge is 0.416 e. The topological polar surface area (TPSA) is 63.4 Å². The fourth-order valence-corrected chi connectivity index (χ4v) is 2.22. The summed E-state index contributed by atoms with van der Waals surface area (Å²) < 4.78 is 38.3. The summed E-state index contributed by atoms with van der Waals surface area (Å²) in [5, 5.41) is 0. The first-order chi connectivity index (χ1) is 11.1. The second-order valence-electron chi connectivity index (χ2n) is 5.31. The lowest BCUT2D eigenvalue weighted by molar-refractivity contribution is -0.137. The number of rotatable bonds is 3. The molecule has 0 heterocycles. The standard InChI is InChI=1S/C17H15F3N2O2/c1-10-6-7-13(9-14(10)15(21)23)22(2)16(24)11-4-3-5-12(8-11)17(18,19)20/h3-9H,1-2H3,(H2,21,23). The predicted octanol–water partition coefficient (Wildman–Crippen LogP) is 3.39. The molecule has 7 heteroatoms. The van der Waals surface area contributed by atoms with Crippen LogP contribution in [-0.2, 0) is 6.18 Å². The van der Waals surface area contributed by atoms with Crippen molar-refractivity contribution in [3.05, 3.63) is 64.7 Å². The zero-order valence-electron chi connectivity index (χ0n) is 13.0. The van der Waals surface area contributed by atoms with Gasteiger partial charge in [-0.25, -0.2) is 0 Å². The first kappa shape index (κ1) is 17.5. The van der Waals surface area contributed by atoms with E-state index in [-0.39, 0.29) is 11.1 Å². The molecule has 2 N–H and O–H groups in total. The molecule has 0 saturated carbocycles. The number of carbonyl (C=O) groups excluding carboxylic acids is 2. The molecule has 0 fully saturated rings. The minimum atomic E-state index is -4.53. The minimum Gasteiger partial charge on any atom is -0.366 e. The Labute approximate surface area is 136 Å². The van der Waals surface area contributed by atoms with E-state index in [4.69, 9.17) is 5.73 Å². The Morgan fingerprint density at radius 1 is 1.08 bits per heavy atom. The van der Waals surface area contributed by atoms with Crippen LogP contribution < -0.4 is 10.6 Å². The highest BCUT2D eigenvalue weighted by Crippen LogP contribution is 2.30. The van der Waals surface area contributed by atoms with Gasteiger partial charge < -0.3 is 10.6 Å². The molecular formula is C17H15F3N2O2. The van der Waals surface area contributed by atoms with E-state index in [1.807, 2.05) is 0 Å². The Balaban J connectivity index is 2.37. The molecule has 0 aliphatic rings. The van der Waals surface area contributed by atoms with Gasteiger partial charge in [-0.1, -0.05) is 12.1 Å². The van der Waals surface area contributed by atoms with Crippen molar-refractivity contribution in [2.75, 3.05) is 11.9 Å². The number of nitrogens with two attached hydrogens (primary N) is 1. The third-order valence-electron chi connectivity index (χ3n) is 3.62. The fraction of sp³-hybridized carbons (Fsp3) is 0.176. The van der Waals surface area contributed by atoms with Crippen LogP contribution in [-0.4, -0.2) is 18.9 Å². The average molecular weight is 336 g/mol. The number of carbonyl (C=O) groups is 2. The molecule has 0 aromatic heterocycles. The molecule has 0 radical (unpaired) electrons. The summed E-state index contributed by atoms with van der Waals surface area (Å²) in [6.07, 6.45) is -4.53. The number of hydrogen-bond donors (Lipinski definition) is 1. The van der Waals surface area contributed by atoms with Crippen LogP contribution in [0.5, 0.6) is 0 Å². The lowest BCUT2D eigenvalue weighted by atomic mass is 10.1. The second kappa shape index (κ2) is 6.35. The number of nitrogens with zero attached hydrogens (tertiary/aromatic N) is 1.